The zero-order valence-corrected chi connectivity index (χ0v) is 11.3. The molecule has 0 amide bonds. The van der Waals surface area contributed by atoms with Crippen LogP contribution >= 0.6 is 15.9 Å². The summed E-state index contributed by atoms with van der Waals surface area (Å²) in [5.41, 5.74) is 5.20. The van der Waals surface area contributed by atoms with Crippen LogP contribution < -0.4 is 5.73 Å². The van der Waals surface area contributed by atoms with Gasteiger partial charge in [0.15, 0.2) is 6.10 Å². The topological polar surface area (TPSA) is 78.6 Å². The number of halogens is 2. The summed E-state index contributed by atoms with van der Waals surface area (Å²) in [6, 6.07) is 2.18. The Balaban J connectivity index is 2.91. The van der Waals surface area contributed by atoms with Gasteiger partial charge in [-0.25, -0.2) is 14.0 Å². The largest absolute Gasteiger partial charge is 0.466 e. The Morgan fingerprint density at radius 1 is 1.44 bits per heavy atom. The third-order valence-corrected chi connectivity index (χ3v) is 2.78. The number of hydrogen-bond donors (Lipinski definition) is 1. The van der Waals surface area contributed by atoms with Gasteiger partial charge in [0.2, 0.25) is 0 Å². The first-order valence-electron chi connectivity index (χ1n) is 4.90. The summed E-state index contributed by atoms with van der Waals surface area (Å²) in [6.07, 6.45) is -1.05. The smallest absolute Gasteiger partial charge is 0.346 e. The number of carbonyl (C=O) groups is 2. The molecule has 0 fully saturated rings. The summed E-state index contributed by atoms with van der Waals surface area (Å²) in [5.74, 6) is -2.14. The monoisotopic (exact) mass is 319 g/mol. The molecule has 0 aliphatic rings. The Bertz CT molecular complexity index is 492. The second kappa shape index (κ2) is 5.81. The minimum atomic E-state index is -1.05. The molecule has 0 bridgehead atoms. The van der Waals surface area contributed by atoms with E-state index in [1.54, 1.807) is 0 Å². The van der Waals surface area contributed by atoms with Crippen molar-refractivity contribution >= 4 is 33.6 Å². The summed E-state index contributed by atoms with van der Waals surface area (Å²) < 4.78 is 22.5. The number of rotatable bonds is 3. The van der Waals surface area contributed by atoms with Crippen molar-refractivity contribution in [1.82, 2.24) is 0 Å². The molecule has 0 saturated carbocycles. The number of nitrogen functional groups attached to an aromatic ring is 1. The van der Waals surface area contributed by atoms with Gasteiger partial charge in [0.25, 0.3) is 0 Å². The molecule has 0 aliphatic heterocycles. The molecule has 1 aromatic carbocycles. The van der Waals surface area contributed by atoms with E-state index in [1.165, 1.54) is 14.0 Å². The van der Waals surface area contributed by atoms with Gasteiger partial charge in [-0.3, -0.25) is 0 Å². The summed E-state index contributed by atoms with van der Waals surface area (Å²) in [4.78, 5) is 22.8. The fourth-order valence-corrected chi connectivity index (χ4v) is 1.64. The van der Waals surface area contributed by atoms with Crippen molar-refractivity contribution in [2.24, 2.45) is 0 Å². The SMILES string of the molecule is COC(=O)C(C)OC(=O)c1cc(N)c(F)cc1Br. The van der Waals surface area contributed by atoms with Gasteiger partial charge in [-0.1, -0.05) is 0 Å². The first-order chi connectivity index (χ1) is 8.36. The van der Waals surface area contributed by atoms with E-state index in [1.807, 2.05) is 0 Å². The molecule has 0 saturated heterocycles. The number of carbonyl (C=O) groups excluding carboxylic acids is 2. The number of esters is 2. The van der Waals surface area contributed by atoms with E-state index in [4.69, 9.17) is 10.5 Å². The van der Waals surface area contributed by atoms with E-state index in [0.29, 0.717) is 0 Å². The summed E-state index contributed by atoms with van der Waals surface area (Å²) >= 11 is 3.01. The molecule has 18 heavy (non-hydrogen) atoms. The molecule has 7 heteroatoms. The predicted octanol–water partition coefficient (Wildman–Crippen LogP) is 1.89. The third kappa shape index (κ3) is 3.19. The highest BCUT2D eigenvalue weighted by Crippen LogP contribution is 2.23. The molecule has 1 aromatic rings. The Kier molecular flexibility index (Phi) is 4.66. The lowest BCUT2D eigenvalue weighted by atomic mass is 10.2. The third-order valence-electron chi connectivity index (χ3n) is 2.12. The van der Waals surface area contributed by atoms with Crippen LogP contribution in [0.5, 0.6) is 0 Å². The zero-order valence-electron chi connectivity index (χ0n) is 9.70. The Hall–Kier alpha value is -1.63. The molecule has 0 aromatic heterocycles. The van der Waals surface area contributed by atoms with Crippen LogP contribution in [-0.2, 0) is 14.3 Å². The van der Waals surface area contributed by atoms with E-state index in [9.17, 15) is 14.0 Å². The van der Waals surface area contributed by atoms with Crippen LogP contribution in [0.1, 0.15) is 17.3 Å². The van der Waals surface area contributed by atoms with Crippen molar-refractivity contribution in [1.29, 1.82) is 0 Å². The molecule has 0 radical (unpaired) electrons. The van der Waals surface area contributed by atoms with Gasteiger partial charge < -0.3 is 15.2 Å². The normalized spacial score (nSPS) is 11.8. The highest BCUT2D eigenvalue weighted by Gasteiger charge is 2.21. The number of benzene rings is 1. The number of ether oxygens (including phenoxy) is 2. The van der Waals surface area contributed by atoms with Crippen LogP contribution in [0.25, 0.3) is 0 Å². The van der Waals surface area contributed by atoms with Crippen LogP contribution in [0, 0.1) is 5.82 Å². The standard InChI is InChI=1S/C11H11BrFNO4/c1-5(10(15)17-2)18-11(16)6-3-9(14)8(13)4-7(6)12/h3-5H,14H2,1-2H3. The van der Waals surface area contributed by atoms with Gasteiger partial charge in [-0.05, 0) is 35.0 Å². The maximum atomic E-state index is 13.1. The number of nitrogens with two attached hydrogens (primary N) is 1. The van der Waals surface area contributed by atoms with E-state index >= 15 is 0 Å². The molecule has 1 unspecified atom stereocenters. The van der Waals surface area contributed by atoms with Crippen LogP contribution in [0.15, 0.2) is 16.6 Å². The molecular formula is C11H11BrFNO4. The van der Waals surface area contributed by atoms with Crippen molar-refractivity contribution in [3.63, 3.8) is 0 Å². The lowest BCUT2D eigenvalue weighted by Crippen LogP contribution is -2.25. The molecule has 0 aliphatic carbocycles. The van der Waals surface area contributed by atoms with E-state index in [2.05, 4.69) is 20.7 Å². The second-order valence-electron chi connectivity index (χ2n) is 3.42. The molecule has 0 heterocycles. The van der Waals surface area contributed by atoms with Crippen molar-refractivity contribution in [2.75, 3.05) is 12.8 Å². The summed E-state index contributed by atoms with van der Waals surface area (Å²) in [6.45, 7) is 1.37. The highest BCUT2D eigenvalue weighted by molar-refractivity contribution is 9.10. The van der Waals surface area contributed by atoms with E-state index in [-0.39, 0.29) is 15.7 Å². The molecule has 1 atom stereocenters. The molecule has 0 spiro atoms. The van der Waals surface area contributed by atoms with Gasteiger partial charge in [-0.15, -0.1) is 0 Å². The van der Waals surface area contributed by atoms with Crippen molar-refractivity contribution < 1.29 is 23.5 Å². The van der Waals surface area contributed by atoms with Gasteiger partial charge in [-0.2, -0.15) is 0 Å². The second-order valence-corrected chi connectivity index (χ2v) is 4.28. The van der Waals surface area contributed by atoms with E-state index in [0.717, 1.165) is 12.1 Å². The molecule has 98 valence electrons. The average molecular weight is 320 g/mol. The summed E-state index contributed by atoms with van der Waals surface area (Å²) in [5, 5.41) is 0. The first-order valence-corrected chi connectivity index (χ1v) is 5.69. The molecule has 2 N–H and O–H groups in total. The van der Waals surface area contributed by atoms with Crippen molar-refractivity contribution in [2.45, 2.75) is 13.0 Å². The van der Waals surface area contributed by atoms with Gasteiger partial charge in [0.1, 0.15) is 5.82 Å². The number of hydrogen-bond acceptors (Lipinski definition) is 5. The van der Waals surface area contributed by atoms with E-state index < -0.39 is 23.9 Å². The average Bonchev–Trinajstić information content (AvgIpc) is 2.32. The zero-order chi connectivity index (χ0) is 13.9. The molecule has 5 nitrogen and oxygen atoms in total. The van der Waals surface area contributed by atoms with Crippen LogP contribution in [-0.4, -0.2) is 25.2 Å². The van der Waals surface area contributed by atoms with Gasteiger partial charge in [0, 0.05) is 4.47 Å². The Morgan fingerprint density at radius 3 is 2.61 bits per heavy atom. The predicted molar refractivity (Wildman–Crippen MR) is 65.4 cm³/mol. The van der Waals surface area contributed by atoms with Crippen molar-refractivity contribution in [3.05, 3.63) is 28.0 Å². The molecular weight excluding hydrogens is 309 g/mol. The lowest BCUT2D eigenvalue weighted by Gasteiger charge is -2.12. The van der Waals surface area contributed by atoms with Crippen molar-refractivity contribution in [3.8, 4) is 0 Å². The quantitative estimate of drug-likeness (QED) is 0.680. The van der Waals surface area contributed by atoms with Crippen LogP contribution in [0.3, 0.4) is 0 Å². The minimum absolute atomic E-state index is 0.0321. The maximum absolute atomic E-state index is 13.1. The van der Waals surface area contributed by atoms with Gasteiger partial charge in [0.05, 0.1) is 18.4 Å². The number of methoxy groups -OCH3 is 1. The fraction of sp³-hybridized carbons (Fsp3) is 0.273. The first kappa shape index (κ1) is 14.4. The maximum Gasteiger partial charge on any atom is 0.346 e. The Labute approximate surface area is 111 Å². The minimum Gasteiger partial charge on any atom is -0.466 e. The van der Waals surface area contributed by atoms with Gasteiger partial charge >= 0.3 is 11.9 Å². The fourth-order valence-electron chi connectivity index (χ4n) is 1.16. The molecule has 1 rings (SSSR count). The summed E-state index contributed by atoms with van der Waals surface area (Å²) in [7, 11) is 1.18. The Morgan fingerprint density at radius 2 is 2.06 bits per heavy atom. The van der Waals surface area contributed by atoms with Crippen LogP contribution in [0.2, 0.25) is 0 Å². The number of anilines is 1. The lowest BCUT2D eigenvalue weighted by molar-refractivity contribution is -0.149. The van der Waals surface area contributed by atoms with Crippen LogP contribution in [0.4, 0.5) is 10.1 Å². The highest BCUT2D eigenvalue weighted by atomic mass is 79.9.